The third kappa shape index (κ3) is 3.23. The first-order valence-corrected chi connectivity index (χ1v) is 7.22. The second kappa shape index (κ2) is 5.87. The molecule has 18 heavy (non-hydrogen) atoms. The molecule has 2 rings (SSSR count). The zero-order valence-corrected chi connectivity index (χ0v) is 11.9. The molecular weight excluding hydrogens is 230 g/mol. The van der Waals surface area contributed by atoms with Gasteiger partial charge in [-0.15, -0.1) is 0 Å². The molecule has 0 aromatic carbocycles. The fourth-order valence-electron chi connectivity index (χ4n) is 3.27. The lowest BCUT2D eigenvalue weighted by molar-refractivity contribution is -0.168. The first-order chi connectivity index (χ1) is 8.54. The monoisotopic (exact) mass is 257 g/mol. The van der Waals surface area contributed by atoms with E-state index in [4.69, 9.17) is 14.6 Å². The van der Waals surface area contributed by atoms with Gasteiger partial charge in [-0.3, -0.25) is 4.90 Å². The Kier molecular flexibility index (Phi) is 4.64. The number of rotatable bonds is 5. The smallest absolute Gasteiger partial charge is 0.167 e. The highest BCUT2D eigenvalue weighted by atomic mass is 16.7. The number of aliphatic hydroxyl groups is 1. The van der Waals surface area contributed by atoms with Crippen molar-refractivity contribution < 1.29 is 14.6 Å². The lowest BCUT2D eigenvalue weighted by Gasteiger charge is -2.33. The van der Waals surface area contributed by atoms with E-state index in [2.05, 4.69) is 18.7 Å². The minimum Gasteiger partial charge on any atom is -0.396 e. The van der Waals surface area contributed by atoms with Crippen LogP contribution in [0.5, 0.6) is 0 Å². The highest BCUT2D eigenvalue weighted by molar-refractivity contribution is 4.87. The Labute approximate surface area is 110 Å². The van der Waals surface area contributed by atoms with Gasteiger partial charge in [-0.25, -0.2) is 0 Å². The second-order valence-corrected chi connectivity index (χ2v) is 6.03. The van der Waals surface area contributed by atoms with Gasteiger partial charge >= 0.3 is 0 Å². The Morgan fingerprint density at radius 1 is 1.44 bits per heavy atom. The highest BCUT2D eigenvalue weighted by Gasteiger charge is 2.41. The lowest BCUT2D eigenvalue weighted by atomic mass is 10.0. The van der Waals surface area contributed by atoms with Gasteiger partial charge in [-0.2, -0.15) is 0 Å². The SMILES string of the molecule is CC(C)N1CCCC1CC1(C)OCC(CCO)O1. The quantitative estimate of drug-likeness (QED) is 0.815. The molecule has 1 N–H and O–H groups in total. The maximum absolute atomic E-state index is 8.95. The third-order valence-electron chi connectivity index (χ3n) is 4.13. The molecule has 0 aromatic rings. The van der Waals surface area contributed by atoms with E-state index in [1.54, 1.807) is 0 Å². The van der Waals surface area contributed by atoms with Gasteiger partial charge in [0, 0.05) is 25.1 Å². The molecule has 4 heteroatoms. The van der Waals surface area contributed by atoms with E-state index in [-0.39, 0.29) is 12.7 Å². The molecule has 0 bridgehead atoms. The summed E-state index contributed by atoms with van der Waals surface area (Å²) < 4.78 is 11.8. The molecule has 0 aromatic heterocycles. The number of hydrogen-bond acceptors (Lipinski definition) is 4. The normalized spacial score (nSPS) is 37.8. The van der Waals surface area contributed by atoms with Gasteiger partial charge in [0.25, 0.3) is 0 Å². The fourth-order valence-corrected chi connectivity index (χ4v) is 3.27. The van der Waals surface area contributed by atoms with Crippen LogP contribution >= 0.6 is 0 Å². The average Bonchev–Trinajstić information content (AvgIpc) is 2.87. The Bertz CT molecular complexity index is 272. The summed E-state index contributed by atoms with van der Waals surface area (Å²) in [6.07, 6.45) is 4.19. The summed E-state index contributed by atoms with van der Waals surface area (Å²) in [5.41, 5.74) is 0. The van der Waals surface area contributed by atoms with Crippen LogP contribution in [-0.2, 0) is 9.47 Å². The van der Waals surface area contributed by atoms with Crippen LogP contribution in [0.1, 0.15) is 46.5 Å². The van der Waals surface area contributed by atoms with E-state index >= 15 is 0 Å². The lowest BCUT2D eigenvalue weighted by Crippen LogP contribution is -2.41. The standard InChI is InChI=1S/C14H27NO3/c1-11(2)15-7-4-5-12(15)9-14(3)17-10-13(18-14)6-8-16/h11-13,16H,4-10H2,1-3H3. The van der Waals surface area contributed by atoms with Crippen LogP contribution in [0.2, 0.25) is 0 Å². The Morgan fingerprint density at radius 2 is 2.22 bits per heavy atom. The Hall–Kier alpha value is -0.160. The van der Waals surface area contributed by atoms with E-state index in [0.717, 1.165) is 6.42 Å². The summed E-state index contributed by atoms with van der Waals surface area (Å²) in [6, 6.07) is 1.17. The van der Waals surface area contributed by atoms with Crippen LogP contribution in [0.4, 0.5) is 0 Å². The summed E-state index contributed by atoms with van der Waals surface area (Å²) in [5.74, 6) is -0.456. The van der Waals surface area contributed by atoms with Crippen molar-refractivity contribution in [1.82, 2.24) is 4.90 Å². The molecule has 2 heterocycles. The summed E-state index contributed by atoms with van der Waals surface area (Å²) in [5, 5.41) is 8.95. The number of hydrogen-bond donors (Lipinski definition) is 1. The van der Waals surface area contributed by atoms with Crippen molar-refractivity contribution in [3.8, 4) is 0 Å². The van der Waals surface area contributed by atoms with Crippen molar-refractivity contribution in [2.24, 2.45) is 0 Å². The number of ether oxygens (including phenoxy) is 2. The van der Waals surface area contributed by atoms with Crippen LogP contribution in [0.3, 0.4) is 0 Å². The summed E-state index contributed by atoms with van der Waals surface area (Å²) >= 11 is 0. The summed E-state index contributed by atoms with van der Waals surface area (Å²) in [4.78, 5) is 2.55. The Morgan fingerprint density at radius 3 is 2.89 bits per heavy atom. The summed E-state index contributed by atoms with van der Waals surface area (Å²) in [6.45, 7) is 8.54. The summed E-state index contributed by atoms with van der Waals surface area (Å²) in [7, 11) is 0. The molecule has 0 amide bonds. The molecule has 0 aliphatic carbocycles. The zero-order valence-electron chi connectivity index (χ0n) is 11.9. The van der Waals surface area contributed by atoms with Crippen LogP contribution < -0.4 is 0 Å². The van der Waals surface area contributed by atoms with Gasteiger partial charge in [0.1, 0.15) is 0 Å². The van der Waals surface area contributed by atoms with Gasteiger partial charge in [0.15, 0.2) is 5.79 Å². The molecule has 2 fully saturated rings. The van der Waals surface area contributed by atoms with Gasteiger partial charge in [0.05, 0.1) is 12.7 Å². The van der Waals surface area contributed by atoms with Crippen molar-refractivity contribution in [2.45, 2.75) is 70.4 Å². The molecular formula is C14H27NO3. The molecule has 4 nitrogen and oxygen atoms in total. The highest BCUT2D eigenvalue weighted by Crippen LogP contribution is 2.34. The predicted octanol–water partition coefficient (Wildman–Crippen LogP) is 1.76. The van der Waals surface area contributed by atoms with Crippen LogP contribution in [-0.4, -0.2) is 53.7 Å². The van der Waals surface area contributed by atoms with Crippen molar-refractivity contribution >= 4 is 0 Å². The molecule has 0 saturated carbocycles. The molecule has 0 radical (unpaired) electrons. The maximum Gasteiger partial charge on any atom is 0.167 e. The third-order valence-corrected chi connectivity index (χ3v) is 4.13. The van der Waals surface area contributed by atoms with Crippen molar-refractivity contribution in [3.63, 3.8) is 0 Å². The first-order valence-electron chi connectivity index (χ1n) is 7.22. The largest absolute Gasteiger partial charge is 0.396 e. The van der Waals surface area contributed by atoms with Crippen LogP contribution in [0.15, 0.2) is 0 Å². The van der Waals surface area contributed by atoms with Gasteiger partial charge in [-0.1, -0.05) is 0 Å². The molecule has 3 unspecified atom stereocenters. The topological polar surface area (TPSA) is 41.9 Å². The number of likely N-dealkylation sites (tertiary alicyclic amines) is 1. The molecule has 2 aliphatic rings. The minimum atomic E-state index is -0.456. The van der Waals surface area contributed by atoms with E-state index in [0.29, 0.717) is 25.1 Å². The van der Waals surface area contributed by atoms with Crippen molar-refractivity contribution in [2.75, 3.05) is 19.8 Å². The molecule has 2 saturated heterocycles. The fraction of sp³-hybridized carbons (Fsp3) is 1.00. The van der Waals surface area contributed by atoms with Crippen LogP contribution in [0.25, 0.3) is 0 Å². The molecule has 106 valence electrons. The molecule has 0 spiro atoms. The maximum atomic E-state index is 8.95. The zero-order chi connectivity index (χ0) is 13.2. The number of aliphatic hydroxyl groups excluding tert-OH is 1. The first kappa shape index (κ1) is 14.3. The van der Waals surface area contributed by atoms with Crippen molar-refractivity contribution in [1.29, 1.82) is 0 Å². The average molecular weight is 257 g/mol. The van der Waals surface area contributed by atoms with E-state index in [9.17, 15) is 0 Å². The van der Waals surface area contributed by atoms with Crippen LogP contribution in [0, 0.1) is 0 Å². The van der Waals surface area contributed by atoms with E-state index in [1.807, 2.05) is 6.92 Å². The van der Waals surface area contributed by atoms with E-state index in [1.165, 1.54) is 19.4 Å². The molecule has 2 aliphatic heterocycles. The van der Waals surface area contributed by atoms with Gasteiger partial charge in [0.2, 0.25) is 0 Å². The van der Waals surface area contributed by atoms with Gasteiger partial charge < -0.3 is 14.6 Å². The Balaban J connectivity index is 1.89. The second-order valence-electron chi connectivity index (χ2n) is 6.03. The molecule has 3 atom stereocenters. The van der Waals surface area contributed by atoms with Crippen molar-refractivity contribution in [3.05, 3.63) is 0 Å². The van der Waals surface area contributed by atoms with E-state index < -0.39 is 5.79 Å². The minimum absolute atomic E-state index is 0.0638. The number of nitrogens with zero attached hydrogens (tertiary/aromatic N) is 1. The predicted molar refractivity (Wildman–Crippen MR) is 70.4 cm³/mol. The van der Waals surface area contributed by atoms with Gasteiger partial charge in [-0.05, 0) is 46.6 Å².